The fourth-order valence-corrected chi connectivity index (χ4v) is 4.86. The van der Waals surface area contributed by atoms with Crippen LogP contribution in [-0.4, -0.2) is 37.8 Å². The molecule has 0 fully saturated rings. The second-order valence-corrected chi connectivity index (χ2v) is 9.07. The number of nitrogens with two attached hydrogens (primary N) is 1. The molecule has 2 heterocycles. The highest BCUT2D eigenvalue weighted by Crippen LogP contribution is 2.25. The van der Waals surface area contributed by atoms with Crippen LogP contribution < -0.4 is 15.2 Å². The second-order valence-electron chi connectivity index (χ2n) is 6.52. The highest BCUT2D eigenvalue weighted by Gasteiger charge is 2.23. The van der Waals surface area contributed by atoms with Crippen LogP contribution in [0.4, 0.5) is 0 Å². The van der Waals surface area contributed by atoms with Crippen LogP contribution in [0.1, 0.15) is 33.4 Å². The number of methoxy groups -OCH3 is 1. The van der Waals surface area contributed by atoms with E-state index in [1.807, 2.05) is 41.4 Å². The van der Waals surface area contributed by atoms with E-state index in [1.54, 1.807) is 0 Å². The van der Waals surface area contributed by atoms with Gasteiger partial charge in [-0.2, -0.15) is 16.4 Å². The number of rotatable bonds is 8. The first-order valence-electron chi connectivity index (χ1n) is 8.75. The van der Waals surface area contributed by atoms with Crippen molar-refractivity contribution >= 4 is 27.3 Å². The van der Waals surface area contributed by atoms with Gasteiger partial charge >= 0.3 is 0 Å². The molecule has 0 saturated heterocycles. The zero-order valence-electron chi connectivity index (χ0n) is 16.2. The summed E-state index contributed by atoms with van der Waals surface area (Å²) in [4.78, 5) is 11.6. The third-order valence-electron chi connectivity index (χ3n) is 4.48. The molecule has 0 radical (unpaired) electrons. The van der Waals surface area contributed by atoms with Crippen LogP contribution >= 0.6 is 11.3 Å². The monoisotopic (exact) mass is 434 g/mol. The Morgan fingerprint density at radius 3 is 2.62 bits per heavy atom. The van der Waals surface area contributed by atoms with E-state index in [2.05, 4.69) is 9.82 Å². The average Bonchev–Trinajstić information content (AvgIpc) is 3.31. The molecule has 10 heteroatoms. The van der Waals surface area contributed by atoms with E-state index in [9.17, 15) is 13.2 Å². The van der Waals surface area contributed by atoms with Gasteiger partial charge in [-0.25, -0.2) is 13.1 Å². The quantitative estimate of drug-likeness (QED) is 0.564. The zero-order chi connectivity index (χ0) is 21.2. The molecule has 29 heavy (non-hydrogen) atoms. The van der Waals surface area contributed by atoms with Gasteiger partial charge in [0, 0.05) is 12.2 Å². The van der Waals surface area contributed by atoms with Crippen LogP contribution in [-0.2, 0) is 10.0 Å². The number of aryl methyl sites for hydroxylation is 2. The molecule has 0 saturated carbocycles. The lowest BCUT2D eigenvalue weighted by molar-refractivity contribution is 0.0997. The minimum Gasteiger partial charge on any atom is -0.496 e. The van der Waals surface area contributed by atoms with Crippen LogP contribution in [0.15, 0.2) is 46.0 Å². The van der Waals surface area contributed by atoms with Gasteiger partial charge in [-0.05, 0) is 60.5 Å². The minimum atomic E-state index is -3.89. The Balaban J connectivity index is 1.90. The second kappa shape index (κ2) is 8.36. The number of thiophene rings is 1. The number of primary amides is 1. The fourth-order valence-electron chi connectivity index (χ4n) is 3.09. The number of aromatic nitrogens is 2. The Morgan fingerprint density at radius 2 is 2.07 bits per heavy atom. The molecular formula is C19H22N4O4S2. The smallest absolute Gasteiger partial charge is 0.252 e. The number of hydrogen-bond donors (Lipinski definition) is 2. The molecule has 3 rings (SSSR count). The predicted octanol–water partition coefficient (Wildman–Crippen LogP) is 2.24. The van der Waals surface area contributed by atoms with Gasteiger partial charge in [-0.1, -0.05) is 0 Å². The lowest BCUT2D eigenvalue weighted by Crippen LogP contribution is -2.32. The van der Waals surface area contributed by atoms with Crippen molar-refractivity contribution in [1.82, 2.24) is 14.5 Å². The van der Waals surface area contributed by atoms with Crippen molar-refractivity contribution in [2.45, 2.75) is 24.8 Å². The molecule has 0 bridgehead atoms. The average molecular weight is 435 g/mol. The summed E-state index contributed by atoms with van der Waals surface area (Å²) >= 11 is 1.53. The number of ether oxygens (including phenoxy) is 1. The summed E-state index contributed by atoms with van der Waals surface area (Å²) in [7, 11) is -2.51. The Hall–Kier alpha value is -2.69. The molecule has 1 atom stereocenters. The van der Waals surface area contributed by atoms with Crippen LogP contribution in [0.25, 0.3) is 0 Å². The van der Waals surface area contributed by atoms with E-state index in [0.29, 0.717) is 0 Å². The van der Waals surface area contributed by atoms with Crippen molar-refractivity contribution in [3.8, 4) is 5.75 Å². The van der Waals surface area contributed by atoms with Gasteiger partial charge in [0.1, 0.15) is 5.75 Å². The van der Waals surface area contributed by atoms with Crippen LogP contribution in [0.3, 0.4) is 0 Å². The summed E-state index contributed by atoms with van der Waals surface area (Å²) in [5.74, 6) is -0.548. The standard InChI is InChI=1S/C19H22N4O4S2/c1-12-8-13(2)23(22-12)17(14-6-7-28-11-14)10-21-29(25,26)15-4-5-18(27-3)16(9-15)19(20)24/h4-9,11,17,21H,10H2,1-3H3,(H2,20,24)/t17-/m0/s1. The van der Waals surface area contributed by atoms with Crippen LogP contribution in [0.2, 0.25) is 0 Å². The van der Waals surface area contributed by atoms with E-state index < -0.39 is 15.9 Å². The molecule has 3 aromatic rings. The molecule has 1 amide bonds. The molecule has 0 spiro atoms. The van der Waals surface area contributed by atoms with E-state index in [-0.39, 0.29) is 28.8 Å². The first kappa shape index (κ1) is 21.0. The topological polar surface area (TPSA) is 116 Å². The van der Waals surface area contributed by atoms with Crippen LogP contribution in [0.5, 0.6) is 5.75 Å². The highest BCUT2D eigenvalue weighted by atomic mass is 32.2. The van der Waals surface area contributed by atoms with E-state index >= 15 is 0 Å². The summed E-state index contributed by atoms with van der Waals surface area (Å²) in [6.07, 6.45) is 0. The molecule has 0 unspecified atom stereocenters. The van der Waals surface area contributed by atoms with Gasteiger partial charge in [-0.3, -0.25) is 9.48 Å². The summed E-state index contributed by atoms with van der Waals surface area (Å²) in [5, 5.41) is 8.41. The number of amides is 1. The van der Waals surface area contributed by atoms with Crippen molar-refractivity contribution < 1.29 is 17.9 Å². The van der Waals surface area contributed by atoms with Gasteiger partial charge < -0.3 is 10.5 Å². The van der Waals surface area contributed by atoms with E-state index in [1.165, 1.54) is 36.6 Å². The van der Waals surface area contributed by atoms with Gasteiger partial charge in [0.05, 0.1) is 29.3 Å². The number of nitrogens with one attached hydrogen (secondary N) is 1. The number of carbonyl (C=O) groups excluding carboxylic acids is 1. The molecule has 1 aromatic carbocycles. The summed E-state index contributed by atoms with van der Waals surface area (Å²) in [5.41, 5.74) is 8.08. The Bertz CT molecular complexity index is 1120. The molecule has 0 aliphatic heterocycles. The van der Waals surface area contributed by atoms with Gasteiger partial charge in [0.25, 0.3) is 5.91 Å². The number of sulfonamides is 1. The molecular weight excluding hydrogens is 412 g/mol. The van der Waals surface area contributed by atoms with Gasteiger partial charge in [-0.15, -0.1) is 0 Å². The number of nitrogens with zero attached hydrogens (tertiary/aromatic N) is 2. The highest BCUT2D eigenvalue weighted by molar-refractivity contribution is 7.89. The SMILES string of the molecule is COc1ccc(S(=O)(=O)NC[C@@H](c2ccsc2)n2nc(C)cc2C)cc1C(N)=O. The molecule has 3 N–H and O–H groups in total. The lowest BCUT2D eigenvalue weighted by atomic mass is 10.1. The molecule has 2 aromatic heterocycles. The maximum Gasteiger partial charge on any atom is 0.252 e. The Morgan fingerprint density at radius 1 is 1.31 bits per heavy atom. The molecule has 8 nitrogen and oxygen atoms in total. The normalized spacial score (nSPS) is 12.7. The van der Waals surface area contributed by atoms with Gasteiger partial charge in [0.15, 0.2) is 0 Å². The first-order chi connectivity index (χ1) is 13.7. The maximum atomic E-state index is 12.9. The van der Waals surface area contributed by atoms with Crippen molar-refractivity contribution in [3.05, 3.63) is 63.6 Å². The summed E-state index contributed by atoms with van der Waals surface area (Å²) in [6.45, 7) is 3.91. The Kier molecular flexibility index (Phi) is 6.06. The molecule has 0 aliphatic carbocycles. The number of benzene rings is 1. The van der Waals surface area contributed by atoms with Crippen LogP contribution in [0, 0.1) is 13.8 Å². The van der Waals surface area contributed by atoms with Crippen molar-refractivity contribution in [3.63, 3.8) is 0 Å². The minimum absolute atomic E-state index is 0.00306. The van der Waals surface area contributed by atoms with Gasteiger partial charge in [0.2, 0.25) is 10.0 Å². The van der Waals surface area contributed by atoms with Crippen molar-refractivity contribution in [1.29, 1.82) is 0 Å². The third kappa shape index (κ3) is 4.50. The van der Waals surface area contributed by atoms with E-state index in [0.717, 1.165) is 17.0 Å². The summed E-state index contributed by atoms with van der Waals surface area (Å²) in [6, 6.07) is 7.57. The summed E-state index contributed by atoms with van der Waals surface area (Å²) < 4.78 is 35.2. The molecule has 154 valence electrons. The largest absolute Gasteiger partial charge is 0.496 e. The Labute approximate surface area is 173 Å². The maximum absolute atomic E-state index is 12.9. The predicted molar refractivity (Wildman–Crippen MR) is 111 cm³/mol. The van der Waals surface area contributed by atoms with Crippen molar-refractivity contribution in [2.75, 3.05) is 13.7 Å². The van der Waals surface area contributed by atoms with Crippen molar-refractivity contribution in [2.24, 2.45) is 5.73 Å². The number of carbonyl (C=O) groups is 1. The van der Waals surface area contributed by atoms with E-state index in [4.69, 9.17) is 10.5 Å². The fraction of sp³-hybridized carbons (Fsp3) is 0.263. The lowest BCUT2D eigenvalue weighted by Gasteiger charge is -2.19. The third-order valence-corrected chi connectivity index (χ3v) is 6.60. The first-order valence-corrected chi connectivity index (χ1v) is 11.2. The zero-order valence-corrected chi connectivity index (χ0v) is 17.9. The number of hydrogen-bond acceptors (Lipinski definition) is 6. The molecule has 0 aliphatic rings.